The van der Waals surface area contributed by atoms with Gasteiger partial charge in [-0.1, -0.05) is 0 Å². The first-order valence-corrected chi connectivity index (χ1v) is 8.71. The summed E-state index contributed by atoms with van der Waals surface area (Å²) in [7, 11) is 0. The molecule has 0 bridgehead atoms. The fourth-order valence-electron chi connectivity index (χ4n) is 3.59. The van der Waals surface area contributed by atoms with Crippen LogP contribution in [-0.2, 0) is 15.8 Å². The Hall–Kier alpha value is -2.58. The third kappa shape index (κ3) is 4.23. The first-order chi connectivity index (χ1) is 12.6. The second-order valence-corrected chi connectivity index (χ2v) is 6.93. The molecule has 1 saturated heterocycles. The van der Waals surface area contributed by atoms with Crippen molar-refractivity contribution < 1.29 is 32.7 Å². The smallest absolute Gasteiger partial charge is 0.416 e. The van der Waals surface area contributed by atoms with Crippen molar-refractivity contribution >= 4 is 23.5 Å². The van der Waals surface area contributed by atoms with Crippen LogP contribution in [-0.4, -0.2) is 35.5 Å². The maximum absolute atomic E-state index is 13.2. The lowest BCUT2D eigenvalue weighted by Gasteiger charge is -2.20. The van der Waals surface area contributed by atoms with Crippen LogP contribution in [0.5, 0.6) is 0 Å². The van der Waals surface area contributed by atoms with E-state index in [0.717, 1.165) is 12.1 Å². The Kier molecular flexibility index (Phi) is 5.12. The average Bonchev–Trinajstić information content (AvgIpc) is 3.22. The van der Waals surface area contributed by atoms with E-state index in [1.807, 2.05) is 0 Å². The van der Waals surface area contributed by atoms with Crippen LogP contribution in [0.1, 0.15) is 48.0 Å². The van der Waals surface area contributed by atoms with Crippen molar-refractivity contribution in [1.82, 2.24) is 5.32 Å². The molecule has 1 saturated carbocycles. The number of rotatable bonds is 4. The second-order valence-electron chi connectivity index (χ2n) is 6.93. The minimum atomic E-state index is -4.66. The van der Waals surface area contributed by atoms with Crippen molar-refractivity contribution in [3.8, 4) is 0 Å². The number of halogens is 3. The number of carboxylic acids is 1. The van der Waals surface area contributed by atoms with Crippen molar-refractivity contribution in [2.24, 2.45) is 5.92 Å². The zero-order valence-corrected chi connectivity index (χ0v) is 14.4. The third-order valence-corrected chi connectivity index (χ3v) is 5.01. The summed E-state index contributed by atoms with van der Waals surface area (Å²) < 4.78 is 39.7. The van der Waals surface area contributed by atoms with E-state index in [-0.39, 0.29) is 30.0 Å². The molecule has 3 rings (SSSR count). The molecule has 0 unspecified atom stereocenters. The maximum atomic E-state index is 13.2. The molecule has 0 aromatic heterocycles. The summed E-state index contributed by atoms with van der Waals surface area (Å²) in [5.41, 5.74) is -1.15. The predicted octanol–water partition coefficient (Wildman–Crippen LogP) is 2.82. The second kappa shape index (κ2) is 7.21. The molecule has 1 heterocycles. The van der Waals surface area contributed by atoms with E-state index in [1.165, 1.54) is 11.0 Å². The van der Waals surface area contributed by atoms with Gasteiger partial charge in [0.1, 0.15) is 0 Å². The zero-order valence-electron chi connectivity index (χ0n) is 14.4. The summed E-state index contributed by atoms with van der Waals surface area (Å²) in [6.07, 6.45) is -2.73. The average molecular weight is 384 g/mol. The highest BCUT2D eigenvalue weighted by atomic mass is 19.4. The van der Waals surface area contributed by atoms with Crippen molar-refractivity contribution in [1.29, 1.82) is 0 Å². The summed E-state index contributed by atoms with van der Waals surface area (Å²) in [5, 5.41) is 11.6. The highest BCUT2D eigenvalue weighted by Crippen LogP contribution is 2.34. The van der Waals surface area contributed by atoms with Gasteiger partial charge in [0, 0.05) is 30.3 Å². The van der Waals surface area contributed by atoms with E-state index < -0.39 is 35.6 Å². The van der Waals surface area contributed by atoms with Crippen LogP contribution >= 0.6 is 0 Å². The molecule has 2 amide bonds. The van der Waals surface area contributed by atoms with Crippen LogP contribution < -0.4 is 10.2 Å². The third-order valence-electron chi connectivity index (χ3n) is 5.01. The number of carbonyl (C=O) groups excluding carboxylic acids is 2. The zero-order chi connectivity index (χ0) is 19.8. The van der Waals surface area contributed by atoms with E-state index in [1.54, 1.807) is 0 Å². The number of amides is 2. The predicted molar refractivity (Wildman–Crippen MR) is 89.3 cm³/mol. The van der Waals surface area contributed by atoms with Crippen molar-refractivity contribution in [2.45, 2.75) is 44.3 Å². The Morgan fingerprint density at radius 1 is 1.19 bits per heavy atom. The molecule has 2 aliphatic rings. The molecule has 1 aromatic carbocycles. The minimum absolute atomic E-state index is 0.0484. The molecule has 6 nitrogen and oxygen atoms in total. The van der Waals surface area contributed by atoms with Gasteiger partial charge >= 0.3 is 12.1 Å². The number of aliphatic carboxylic acids is 1. The number of hydrogen-bond donors (Lipinski definition) is 2. The molecule has 1 aliphatic carbocycles. The summed E-state index contributed by atoms with van der Waals surface area (Å²) in [6.45, 7) is 0.310. The van der Waals surface area contributed by atoms with E-state index >= 15 is 0 Å². The lowest BCUT2D eigenvalue weighted by atomic mass is 10.1. The Morgan fingerprint density at radius 2 is 1.93 bits per heavy atom. The normalized spacial score (nSPS) is 22.9. The van der Waals surface area contributed by atoms with Gasteiger partial charge in [-0.05, 0) is 43.9 Å². The summed E-state index contributed by atoms with van der Waals surface area (Å²) >= 11 is 0. The van der Waals surface area contributed by atoms with E-state index in [0.29, 0.717) is 25.8 Å². The number of alkyl halides is 3. The van der Waals surface area contributed by atoms with Gasteiger partial charge < -0.3 is 15.3 Å². The largest absolute Gasteiger partial charge is 0.481 e. The number of anilines is 1. The van der Waals surface area contributed by atoms with Crippen LogP contribution in [0.15, 0.2) is 18.2 Å². The van der Waals surface area contributed by atoms with Gasteiger partial charge in [0.25, 0.3) is 5.91 Å². The molecular formula is C18H19F3N2O4. The number of hydrogen-bond acceptors (Lipinski definition) is 3. The van der Waals surface area contributed by atoms with Gasteiger partial charge in [-0.3, -0.25) is 14.4 Å². The van der Waals surface area contributed by atoms with Crippen LogP contribution in [0.2, 0.25) is 0 Å². The Labute approximate surface area is 153 Å². The van der Waals surface area contributed by atoms with Gasteiger partial charge in [0.15, 0.2) is 0 Å². The number of nitrogens with zero attached hydrogens (tertiary/aromatic N) is 1. The molecule has 0 spiro atoms. The Bertz CT molecular complexity index is 778. The van der Waals surface area contributed by atoms with Crippen LogP contribution in [0.4, 0.5) is 18.9 Å². The first-order valence-electron chi connectivity index (χ1n) is 8.71. The molecule has 0 radical (unpaired) electrons. The van der Waals surface area contributed by atoms with Crippen molar-refractivity contribution in [3.63, 3.8) is 0 Å². The van der Waals surface area contributed by atoms with Gasteiger partial charge in [-0.15, -0.1) is 0 Å². The molecule has 9 heteroatoms. The van der Waals surface area contributed by atoms with Crippen molar-refractivity contribution in [3.05, 3.63) is 29.3 Å². The Balaban J connectivity index is 1.84. The highest BCUT2D eigenvalue weighted by molar-refractivity contribution is 5.99. The van der Waals surface area contributed by atoms with E-state index in [2.05, 4.69) is 5.32 Å². The van der Waals surface area contributed by atoms with Crippen LogP contribution in [0.3, 0.4) is 0 Å². The van der Waals surface area contributed by atoms with Gasteiger partial charge in [-0.25, -0.2) is 0 Å². The first kappa shape index (κ1) is 19.2. The number of carboxylic acid groups (broad SMARTS) is 1. The molecule has 1 aromatic rings. The summed E-state index contributed by atoms with van der Waals surface area (Å²) in [6, 6.07) is 2.50. The van der Waals surface area contributed by atoms with Crippen LogP contribution in [0, 0.1) is 5.92 Å². The van der Waals surface area contributed by atoms with E-state index in [9.17, 15) is 27.6 Å². The number of carbonyl (C=O) groups is 3. The molecule has 146 valence electrons. The molecular weight excluding hydrogens is 365 g/mol. The molecule has 27 heavy (non-hydrogen) atoms. The lowest BCUT2D eigenvalue weighted by Crippen LogP contribution is -2.34. The quantitative estimate of drug-likeness (QED) is 0.836. The molecule has 2 atom stereocenters. The monoisotopic (exact) mass is 384 g/mol. The maximum Gasteiger partial charge on any atom is 0.416 e. The van der Waals surface area contributed by atoms with Gasteiger partial charge in [0.05, 0.1) is 11.5 Å². The fourth-order valence-corrected chi connectivity index (χ4v) is 3.59. The van der Waals surface area contributed by atoms with Crippen molar-refractivity contribution in [2.75, 3.05) is 11.4 Å². The molecule has 1 aliphatic heterocycles. The molecule has 2 fully saturated rings. The van der Waals surface area contributed by atoms with E-state index in [4.69, 9.17) is 5.11 Å². The minimum Gasteiger partial charge on any atom is -0.481 e. The summed E-state index contributed by atoms with van der Waals surface area (Å²) in [4.78, 5) is 36.6. The standard InChI is InChI=1S/C18H19F3N2O4/c19-18(20,21)12-6-11(8-14(9-12)23-5-1-2-15(23)24)16(25)22-13-4-3-10(7-13)17(26)27/h6,8-10,13H,1-5,7H2,(H,22,25)(H,26,27)/t10-,13+/m1/s1. The van der Waals surface area contributed by atoms with Gasteiger partial charge in [0.2, 0.25) is 5.91 Å². The number of benzene rings is 1. The fraction of sp³-hybridized carbons (Fsp3) is 0.500. The topological polar surface area (TPSA) is 86.7 Å². The highest BCUT2D eigenvalue weighted by Gasteiger charge is 2.35. The lowest BCUT2D eigenvalue weighted by molar-refractivity contribution is -0.141. The SMILES string of the molecule is O=C(N[C@H]1CC[C@@H](C(=O)O)C1)c1cc(N2CCCC2=O)cc(C(F)(F)F)c1. The van der Waals surface area contributed by atoms with Gasteiger partial charge in [-0.2, -0.15) is 13.2 Å². The summed E-state index contributed by atoms with van der Waals surface area (Å²) in [5.74, 6) is -2.49. The number of nitrogens with one attached hydrogen (secondary N) is 1. The molecule has 2 N–H and O–H groups in total. The Morgan fingerprint density at radius 3 is 2.48 bits per heavy atom. The van der Waals surface area contributed by atoms with Crippen LogP contribution in [0.25, 0.3) is 0 Å².